The summed E-state index contributed by atoms with van der Waals surface area (Å²) in [5.41, 5.74) is 3.98. The summed E-state index contributed by atoms with van der Waals surface area (Å²) in [5, 5.41) is 0. The first kappa shape index (κ1) is 18.9. The smallest absolute Gasteiger partial charge is 0.314 e. The molecule has 0 saturated carbocycles. The van der Waals surface area contributed by atoms with E-state index in [1.807, 2.05) is 44.3 Å². The summed E-state index contributed by atoms with van der Waals surface area (Å²) >= 11 is 0. The fourth-order valence-corrected chi connectivity index (χ4v) is 3.25. The number of aromatic nitrogens is 1. The van der Waals surface area contributed by atoms with Crippen molar-refractivity contribution < 1.29 is 13.9 Å². The highest BCUT2D eigenvalue weighted by molar-refractivity contribution is 5.78. The molecular formula is C23H24FNO2. The molecule has 3 aromatic rings. The number of aromatic amines is 1. The second kappa shape index (κ2) is 8.67. The van der Waals surface area contributed by atoms with Gasteiger partial charge in [-0.05, 0) is 47.2 Å². The Morgan fingerprint density at radius 2 is 1.74 bits per heavy atom. The molecule has 0 aliphatic carbocycles. The molecule has 0 spiro atoms. The highest BCUT2D eigenvalue weighted by Crippen LogP contribution is 2.27. The average Bonchev–Trinajstić information content (AvgIpc) is 3.09. The molecule has 1 aromatic heterocycles. The van der Waals surface area contributed by atoms with Gasteiger partial charge in [0.2, 0.25) is 0 Å². The summed E-state index contributed by atoms with van der Waals surface area (Å²) in [6.45, 7) is 4.12. The number of ether oxygens (including phenoxy) is 1. The number of halogens is 1. The SMILES string of the molecule is CC(C)C(C(=O)OCc1[nH]ccc1Cc1ccccc1)c1ccc(F)cc1. The summed E-state index contributed by atoms with van der Waals surface area (Å²) in [7, 11) is 0. The topological polar surface area (TPSA) is 42.1 Å². The molecule has 1 N–H and O–H groups in total. The summed E-state index contributed by atoms with van der Waals surface area (Å²) in [6, 6.07) is 18.2. The summed E-state index contributed by atoms with van der Waals surface area (Å²) in [4.78, 5) is 15.9. The van der Waals surface area contributed by atoms with Crippen LogP contribution in [0.3, 0.4) is 0 Å². The number of benzene rings is 2. The lowest BCUT2D eigenvalue weighted by atomic mass is 9.88. The van der Waals surface area contributed by atoms with Crippen LogP contribution in [-0.2, 0) is 22.6 Å². The number of esters is 1. The van der Waals surface area contributed by atoms with Crippen molar-refractivity contribution in [3.05, 3.63) is 95.1 Å². The van der Waals surface area contributed by atoms with E-state index in [0.717, 1.165) is 23.2 Å². The number of carbonyl (C=O) groups excluding carboxylic acids is 1. The van der Waals surface area contributed by atoms with Gasteiger partial charge < -0.3 is 9.72 Å². The third kappa shape index (κ3) is 4.85. The highest BCUT2D eigenvalue weighted by atomic mass is 19.1. The van der Waals surface area contributed by atoms with Gasteiger partial charge in [0, 0.05) is 6.20 Å². The van der Waals surface area contributed by atoms with E-state index < -0.39 is 5.92 Å². The molecular weight excluding hydrogens is 341 g/mol. The molecule has 140 valence electrons. The lowest BCUT2D eigenvalue weighted by Crippen LogP contribution is -2.21. The lowest BCUT2D eigenvalue weighted by molar-refractivity contribution is -0.148. The van der Waals surface area contributed by atoms with E-state index in [9.17, 15) is 9.18 Å². The fraction of sp³-hybridized carbons (Fsp3) is 0.261. The van der Waals surface area contributed by atoms with Gasteiger partial charge >= 0.3 is 5.97 Å². The first-order chi connectivity index (χ1) is 13.0. The van der Waals surface area contributed by atoms with Crippen LogP contribution in [0, 0.1) is 11.7 Å². The van der Waals surface area contributed by atoms with Crippen LogP contribution in [0.25, 0.3) is 0 Å². The van der Waals surface area contributed by atoms with Crippen LogP contribution in [0.15, 0.2) is 66.9 Å². The molecule has 4 heteroatoms. The second-order valence-electron chi connectivity index (χ2n) is 7.02. The van der Waals surface area contributed by atoms with Gasteiger partial charge in [-0.25, -0.2) is 4.39 Å². The van der Waals surface area contributed by atoms with Crippen molar-refractivity contribution in [1.82, 2.24) is 4.98 Å². The van der Waals surface area contributed by atoms with Gasteiger partial charge in [0.1, 0.15) is 12.4 Å². The second-order valence-corrected chi connectivity index (χ2v) is 7.02. The molecule has 27 heavy (non-hydrogen) atoms. The molecule has 0 aliphatic heterocycles. The number of nitrogens with one attached hydrogen (secondary N) is 1. The van der Waals surface area contributed by atoms with Gasteiger partial charge in [-0.2, -0.15) is 0 Å². The van der Waals surface area contributed by atoms with Gasteiger partial charge in [0.15, 0.2) is 0 Å². The normalized spacial score (nSPS) is 12.1. The monoisotopic (exact) mass is 365 g/mol. The molecule has 2 aromatic carbocycles. The predicted octanol–water partition coefficient (Wildman–Crippen LogP) is 5.23. The van der Waals surface area contributed by atoms with E-state index in [1.165, 1.54) is 17.7 Å². The molecule has 0 bridgehead atoms. The molecule has 3 nitrogen and oxygen atoms in total. The Bertz CT molecular complexity index is 869. The number of carbonyl (C=O) groups is 1. The van der Waals surface area contributed by atoms with Gasteiger partial charge in [-0.3, -0.25) is 4.79 Å². The third-order valence-corrected chi connectivity index (χ3v) is 4.68. The Morgan fingerprint density at radius 3 is 2.41 bits per heavy atom. The van der Waals surface area contributed by atoms with Gasteiger partial charge in [0.25, 0.3) is 0 Å². The third-order valence-electron chi connectivity index (χ3n) is 4.68. The first-order valence-corrected chi connectivity index (χ1v) is 9.15. The molecule has 0 aliphatic rings. The minimum absolute atomic E-state index is 0.0513. The van der Waals surface area contributed by atoms with Crippen molar-refractivity contribution in [2.24, 2.45) is 5.92 Å². The van der Waals surface area contributed by atoms with Crippen LogP contribution >= 0.6 is 0 Å². The van der Waals surface area contributed by atoms with Gasteiger partial charge in [-0.1, -0.05) is 56.3 Å². The van der Waals surface area contributed by atoms with Gasteiger partial charge in [-0.15, -0.1) is 0 Å². The summed E-state index contributed by atoms with van der Waals surface area (Å²) in [6.07, 6.45) is 2.64. The molecule has 0 fully saturated rings. The van der Waals surface area contributed by atoms with Crippen LogP contribution in [0.5, 0.6) is 0 Å². The maximum absolute atomic E-state index is 13.2. The number of hydrogen-bond donors (Lipinski definition) is 1. The van der Waals surface area contributed by atoms with Crippen molar-refractivity contribution in [3.8, 4) is 0 Å². The largest absolute Gasteiger partial charge is 0.459 e. The number of H-pyrrole nitrogens is 1. The zero-order valence-corrected chi connectivity index (χ0v) is 15.6. The predicted molar refractivity (Wildman–Crippen MR) is 104 cm³/mol. The van der Waals surface area contributed by atoms with Crippen molar-refractivity contribution in [2.75, 3.05) is 0 Å². The van der Waals surface area contributed by atoms with E-state index in [1.54, 1.807) is 12.1 Å². The van der Waals surface area contributed by atoms with Crippen LogP contribution in [0.4, 0.5) is 4.39 Å². The zero-order chi connectivity index (χ0) is 19.2. The molecule has 0 radical (unpaired) electrons. The maximum atomic E-state index is 13.2. The van der Waals surface area contributed by atoms with Gasteiger partial charge in [0.05, 0.1) is 11.6 Å². The van der Waals surface area contributed by atoms with Crippen LogP contribution < -0.4 is 0 Å². The Morgan fingerprint density at radius 1 is 1.04 bits per heavy atom. The first-order valence-electron chi connectivity index (χ1n) is 9.15. The zero-order valence-electron chi connectivity index (χ0n) is 15.6. The van der Waals surface area contributed by atoms with Crippen molar-refractivity contribution in [1.29, 1.82) is 0 Å². The van der Waals surface area contributed by atoms with E-state index >= 15 is 0 Å². The fourth-order valence-electron chi connectivity index (χ4n) is 3.25. The number of hydrogen-bond acceptors (Lipinski definition) is 2. The lowest BCUT2D eigenvalue weighted by Gasteiger charge is -2.20. The standard InChI is InChI=1S/C23H24FNO2/c1-16(2)22(18-8-10-20(24)11-9-18)23(26)27-15-21-19(12-13-25-21)14-17-6-4-3-5-7-17/h3-13,16,22,25H,14-15H2,1-2H3. The van der Waals surface area contributed by atoms with Crippen LogP contribution in [0.2, 0.25) is 0 Å². The van der Waals surface area contributed by atoms with E-state index in [2.05, 4.69) is 17.1 Å². The van der Waals surface area contributed by atoms with Crippen molar-refractivity contribution >= 4 is 5.97 Å². The maximum Gasteiger partial charge on any atom is 0.314 e. The molecule has 0 amide bonds. The molecule has 0 saturated heterocycles. The molecule has 1 unspecified atom stereocenters. The minimum Gasteiger partial charge on any atom is -0.459 e. The molecule has 1 heterocycles. The Balaban J connectivity index is 1.68. The van der Waals surface area contributed by atoms with E-state index in [-0.39, 0.29) is 24.3 Å². The highest BCUT2D eigenvalue weighted by Gasteiger charge is 2.26. The van der Waals surface area contributed by atoms with Crippen LogP contribution in [-0.4, -0.2) is 11.0 Å². The van der Waals surface area contributed by atoms with E-state index in [4.69, 9.17) is 4.74 Å². The molecule has 1 atom stereocenters. The Labute approximate surface area is 159 Å². The summed E-state index contributed by atoms with van der Waals surface area (Å²) in [5.74, 6) is -0.975. The average molecular weight is 365 g/mol. The van der Waals surface area contributed by atoms with Crippen molar-refractivity contribution in [3.63, 3.8) is 0 Å². The Kier molecular flexibility index (Phi) is 6.07. The molecule has 3 rings (SSSR count). The number of rotatable bonds is 7. The van der Waals surface area contributed by atoms with E-state index in [0.29, 0.717) is 0 Å². The van der Waals surface area contributed by atoms with Crippen LogP contribution in [0.1, 0.15) is 42.1 Å². The summed E-state index contributed by atoms with van der Waals surface area (Å²) < 4.78 is 18.8. The van der Waals surface area contributed by atoms with Crippen molar-refractivity contribution in [2.45, 2.75) is 32.8 Å². The Hall–Kier alpha value is -2.88. The quantitative estimate of drug-likeness (QED) is 0.583. The minimum atomic E-state index is -0.418.